The first kappa shape index (κ1) is 12.4. The molecule has 1 aromatic heterocycles. The van der Waals surface area contributed by atoms with Gasteiger partial charge in [-0.05, 0) is 11.6 Å². The molecule has 0 bridgehead atoms. The number of rotatable bonds is 2. The molecule has 92 valence electrons. The summed E-state index contributed by atoms with van der Waals surface area (Å²) in [5, 5.41) is 9.89. The van der Waals surface area contributed by atoms with Gasteiger partial charge in [0.15, 0.2) is 5.69 Å². The summed E-state index contributed by atoms with van der Waals surface area (Å²) in [6, 6.07) is 10.6. The van der Waals surface area contributed by atoms with Crippen LogP contribution in [-0.4, -0.2) is 23.2 Å². The van der Waals surface area contributed by atoms with E-state index in [1.807, 2.05) is 30.3 Å². The molecule has 18 heavy (non-hydrogen) atoms. The van der Waals surface area contributed by atoms with Crippen molar-refractivity contribution >= 4 is 17.6 Å². The molecule has 5 heteroatoms. The van der Waals surface area contributed by atoms with Gasteiger partial charge in [0.2, 0.25) is 0 Å². The molecule has 1 aromatic carbocycles. The average Bonchev–Trinajstić information content (AvgIpc) is 2.41. The lowest BCUT2D eigenvalue weighted by Gasteiger charge is -2.07. The molecular weight excluding hydrogens is 254 g/mol. The first-order valence-corrected chi connectivity index (χ1v) is 5.54. The van der Waals surface area contributed by atoms with E-state index in [4.69, 9.17) is 11.6 Å². The highest BCUT2D eigenvalue weighted by Gasteiger charge is 2.17. The fraction of sp³-hybridized carbons (Fsp3) is 0.0769. The predicted octanol–water partition coefficient (Wildman–Crippen LogP) is 2.89. The second kappa shape index (κ2) is 5.06. The number of pyridine rings is 1. The second-order valence-electron chi connectivity index (χ2n) is 3.55. The van der Waals surface area contributed by atoms with Gasteiger partial charge >= 0.3 is 5.97 Å². The van der Waals surface area contributed by atoms with Gasteiger partial charge in [0.1, 0.15) is 10.9 Å². The summed E-state index contributed by atoms with van der Waals surface area (Å²) in [6.45, 7) is 0. The molecule has 0 saturated heterocycles. The Morgan fingerprint density at radius 3 is 2.61 bits per heavy atom. The second-order valence-corrected chi connectivity index (χ2v) is 3.91. The van der Waals surface area contributed by atoms with Crippen molar-refractivity contribution < 1.29 is 14.6 Å². The number of esters is 1. The van der Waals surface area contributed by atoms with Gasteiger partial charge in [0.05, 0.1) is 7.11 Å². The number of methoxy groups -OCH3 is 1. The highest BCUT2D eigenvalue weighted by atomic mass is 35.5. The van der Waals surface area contributed by atoms with Crippen LogP contribution < -0.4 is 0 Å². The van der Waals surface area contributed by atoms with E-state index in [-0.39, 0.29) is 16.6 Å². The molecule has 2 aromatic rings. The SMILES string of the molecule is COC(=O)c1nc(Cl)c(-c2ccccc2)cc1O. The summed E-state index contributed by atoms with van der Waals surface area (Å²) in [5.41, 5.74) is 1.17. The number of ether oxygens (including phenoxy) is 1. The summed E-state index contributed by atoms with van der Waals surface area (Å²) in [5.74, 6) is -0.987. The van der Waals surface area contributed by atoms with Crippen LogP contribution in [0.5, 0.6) is 5.75 Å². The van der Waals surface area contributed by atoms with Gasteiger partial charge in [-0.25, -0.2) is 9.78 Å². The van der Waals surface area contributed by atoms with Gasteiger partial charge in [-0.2, -0.15) is 0 Å². The van der Waals surface area contributed by atoms with Crippen LogP contribution in [0.25, 0.3) is 11.1 Å². The standard InChI is InChI=1S/C13H10ClNO3/c1-18-13(17)11-10(16)7-9(12(14)15-11)8-5-3-2-4-6-8/h2-7,16H,1H3. The van der Waals surface area contributed by atoms with Crippen LogP contribution in [0.15, 0.2) is 36.4 Å². The Balaban J connectivity index is 2.53. The van der Waals surface area contributed by atoms with Crippen LogP contribution in [0.1, 0.15) is 10.5 Å². The minimum Gasteiger partial charge on any atom is -0.505 e. The van der Waals surface area contributed by atoms with Crippen LogP contribution in [0, 0.1) is 0 Å². The van der Waals surface area contributed by atoms with Crippen molar-refractivity contribution in [2.45, 2.75) is 0 Å². The van der Waals surface area contributed by atoms with Crippen molar-refractivity contribution in [2.75, 3.05) is 7.11 Å². The topological polar surface area (TPSA) is 59.4 Å². The van der Waals surface area contributed by atoms with Gasteiger partial charge in [0, 0.05) is 5.56 Å². The fourth-order valence-electron chi connectivity index (χ4n) is 1.55. The van der Waals surface area contributed by atoms with E-state index >= 15 is 0 Å². The van der Waals surface area contributed by atoms with E-state index in [2.05, 4.69) is 9.72 Å². The number of nitrogens with zero attached hydrogens (tertiary/aromatic N) is 1. The van der Waals surface area contributed by atoms with Gasteiger partial charge in [0.25, 0.3) is 0 Å². The summed E-state index contributed by atoms with van der Waals surface area (Å²) in [7, 11) is 1.21. The summed E-state index contributed by atoms with van der Waals surface area (Å²) >= 11 is 6.01. The Bertz CT molecular complexity index is 584. The van der Waals surface area contributed by atoms with Gasteiger partial charge in [-0.1, -0.05) is 41.9 Å². The zero-order chi connectivity index (χ0) is 13.1. The smallest absolute Gasteiger partial charge is 0.360 e. The molecule has 1 N–H and O–H groups in total. The molecule has 0 fully saturated rings. The van der Waals surface area contributed by atoms with E-state index in [1.54, 1.807) is 0 Å². The van der Waals surface area contributed by atoms with E-state index in [1.165, 1.54) is 13.2 Å². The Hall–Kier alpha value is -2.07. The van der Waals surface area contributed by atoms with Gasteiger partial charge in [-0.15, -0.1) is 0 Å². The minimum atomic E-state index is -0.728. The maximum Gasteiger partial charge on any atom is 0.360 e. The molecular formula is C13H10ClNO3. The zero-order valence-electron chi connectivity index (χ0n) is 9.55. The zero-order valence-corrected chi connectivity index (χ0v) is 10.3. The first-order valence-electron chi connectivity index (χ1n) is 5.16. The Morgan fingerprint density at radius 2 is 2.00 bits per heavy atom. The van der Waals surface area contributed by atoms with Crippen LogP contribution in [0.3, 0.4) is 0 Å². The van der Waals surface area contributed by atoms with Crippen LogP contribution in [-0.2, 0) is 4.74 Å². The maximum atomic E-state index is 11.3. The largest absolute Gasteiger partial charge is 0.505 e. The molecule has 0 unspecified atom stereocenters. The third kappa shape index (κ3) is 2.28. The van der Waals surface area contributed by atoms with Crippen LogP contribution in [0.4, 0.5) is 0 Å². The number of halogens is 1. The highest BCUT2D eigenvalue weighted by molar-refractivity contribution is 6.32. The number of aromatic hydroxyl groups is 1. The molecule has 4 nitrogen and oxygen atoms in total. The quantitative estimate of drug-likeness (QED) is 0.669. The van der Waals surface area contributed by atoms with Crippen molar-refractivity contribution in [2.24, 2.45) is 0 Å². The van der Waals surface area contributed by atoms with Gasteiger partial charge < -0.3 is 9.84 Å². The van der Waals surface area contributed by atoms with Crippen molar-refractivity contribution in [3.05, 3.63) is 47.2 Å². The molecule has 1 heterocycles. The lowest BCUT2D eigenvalue weighted by Crippen LogP contribution is -2.05. The highest BCUT2D eigenvalue weighted by Crippen LogP contribution is 2.31. The fourth-order valence-corrected chi connectivity index (χ4v) is 1.80. The molecule has 0 aliphatic rings. The maximum absolute atomic E-state index is 11.3. The number of hydrogen-bond donors (Lipinski definition) is 1. The number of aromatic nitrogens is 1. The molecule has 0 aliphatic carbocycles. The van der Waals surface area contributed by atoms with Crippen LogP contribution >= 0.6 is 11.6 Å². The molecule has 0 saturated carbocycles. The molecule has 0 amide bonds. The lowest BCUT2D eigenvalue weighted by atomic mass is 10.1. The molecule has 0 aliphatic heterocycles. The molecule has 0 spiro atoms. The van der Waals surface area contributed by atoms with Crippen molar-refractivity contribution in [1.29, 1.82) is 0 Å². The van der Waals surface area contributed by atoms with E-state index in [0.29, 0.717) is 5.56 Å². The molecule has 0 radical (unpaired) electrons. The van der Waals surface area contributed by atoms with E-state index in [9.17, 15) is 9.90 Å². The predicted molar refractivity (Wildman–Crippen MR) is 67.7 cm³/mol. The lowest BCUT2D eigenvalue weighted by molar-refractivity contribution is 0.0590. The van der Waals surface area contributed by atoms with Crippen molar-refractivity contribution in [3.8, 4) is 16.9 Å². The summed E-state index contributed by atoms with van der Waals surface area (Å²) in [4.78, 5) is 15.2. The summed E-state index contributed by atoms with van der Waals surface area (Å²) in [6.07, 6.45) is 0. The van der Waals surface area contributed by atoms with Crippen LogP contribution in [0.2, 0.25) is 5.15 Å². The first-order chi connectivity index (χ1) is 8.63. The average molecular weight is 264 g/mol. The van der Waals surface area contributed by atoms with Crippen molar-refractivity contribution in [3.63, 3.8) is 0 Å². The number of hydrogen-bond acceptors (Lipinski definition) is 4. The number of carbonyl (C=O) groups excluding carboxylic acids is 1. The monoisotopic (exact) mass is 263 g/mol. The molecule has 2 rings (SSSR count). The Kier molecular flexibility index (Phi) is 3.48. The Morgan fingerprint density at radius 1 is 1.33 bits per heavy atom. The van der Waals surface area contributed by atoms with Crippen molar-refractivity contribution in [1.82, 2.24) is 4.98 Å². The number of carbonyl (C=O) groups is 1. The molecule has 0 atom stereocenters. The Labute approximate surface area is 109 Å². The van der Waals surface area contributed by atoms with E-state index in [0.717, 1.165) is 5.56 Å². The summed E-state index contributed by atoms with van der Waals surface area (Å²) < 4.78 is 4.50. The number of benzene rings is 1. The third-order valence-corrected chi connectivity index (χ3v) is 2.71. The van der Waals surface area contributed by atoms with E-state index < -0.39 is 5.97 Å². The third-order valence-electron chi connectivity index (χ3n) is 2.42. The van der Waals surface area contributed by atoms with Gasteiger partial charge in [-0.3, -0.25) is 0 Å². The normalized spacial score (nSPS) is 10.1. The minimum absolute atomic E-state index is 0.138.